The van der Waals surface area contributed by atoms with Crippen LogP contribution in [-0.2, 0) is 9.47 Å². The van der Waals surface area contributed by atoms with Crippen molar-refractivity contribution in [3.63, 3.8) is 0 Å². The Morgan fingerprint density at radius 1 is 1.50 bits per heavy atom. The first-order valence-electron chi connectivity index (χ1n) is 4.89. The summed E-state index contributed by atoms with van der Waals surface area (Å²) >= 11 is 0. The van der Waals surface area contributed by atoms with Crippen molar-refractivity contribution in [2.45, 2.75) is 0 Å². The Balaban J connectivity index is 2.27. The van der Waals surface area contributed by atoms with Gasteiger partial charge in [0.1, 0.15) is 5.69 Å². The van der Waals surface area contributed by atoms with Crippen LogP contribution in [0.2, 0.25) is 0 Å². The summed E-state index contributed by atoms with van der Waals surface area (Å²) in [7, 11) is 1.61. The summed E-state index contributed by atoms with van der Waals surface area (Å²) in [5.41, 5.74) is 5.25. The van der Waals surface area contributed by atoms with Gasteiger partial charge in [0.25, 0.3) is 5.56 Å². The fourth-order valence-electron chi connectivity index (χ4n) is 1.04. The van der Waals surface area contributed by atoms with Gasteiger partial charge in [-0.05, 0) is 0 Å². The molecule has 7 heteroatoms. The van der Waals surface area contributed by atoms with Crippen molar-refractivity contribution in [2.75, 3.05) is 44.5 Å². The highest BCUT2D eigenvalue weighted by atomic mass is 16.5. The van der Waals surface area contributed by atoms with Crippen LogP contribution in [0.3, 0.4) is 0 Å². The van der Waals surface area contributed by atoms with E-state index in [0.717, 1.165) is 0 Å². The van der Waals surface area contributed by atoms with Crippen molar-refractivity contribution >= 4 is 11.5 Å². The lowest BCUT2D eigenvalue weighted by atomic mass is 10.4. The molecule has 0 unspecified atom stereocenters. The van der Waals surface area contributed by atoms with Gasteiger partial charge >= 0.3 is 0 Å². The highest BCUT2D eigenvalue weighted by molar-refractivity contribution is 5.58. The second-order valence-corrected chi connectivity index (χ2v) is 3.03. The van der Waals surface area contributed by atoms with Crippen LogP contribution >= 0.6 is 0 Å². The predicted molar refractivity (Wildman–Crippen MR) is 60.5 cm³/mol. The molecular weight excluding hydrogens is 212 g/mol. The molecule has 1 aromatic rings. The van der Waals surface area contributed by atoms with Crippen molar-refractivity contribution in [1.29, 1.82) is 0 Å². The van der Waals surface area contributed by atoms with Crippen molar-refractivity contribution in [1.82, 2.24) is 9.97 Å². The third-order valence-corrected chi connectivity index (χ3v) is 1.86. The first-order chi connectivity index (χ1) is 7.75. The van der Waals surface area contributed by atoms with Gasteiger partial charge in [-0.3, -0.25) is 4.79 Å². The van der Waals surface area contributed by atoms with E-state index in [2.05, 4.69) is 15.3 Å². The molecule has 0 saturated heterocycles. The van der Waals surface area contributed by atoms with Gasteiger partial charge in [0.05, 0.1) is 26.1 Å². The predicted octanol–water partition coefficient (Wildman–Crippen LogP) is -0.573. The minimum Gasteiger partial charge on any atom is -0.391 e. The highest BCUT2D eigenvalue weighted by Gasteiger charge is 2.02. The molecule has 0 saturated carbocycles. The molecule has 1 heterocycles. The molecule has 0 atom stereocenters. The zero-order chi connectivity index (χ0) is 11.8. The molecule has 4 N–H and O–H groups in total. The Kier molecular flexibility index (Phi) is 5.30. The Morgan fingerprint density at radius 2 is 2.31 bits per heavy atom. The normalized spacial score (nSPS) is 10.3. The van der Waals surface area contributed by atoms with Crippen LogP contribution in [0.4, 0.5) is 11.5 Å². The van der Waals surface area contributed by atoms with E-state index >= 15 is 0 Å². The summed E-state index contributed by atoms with van der Waals surface area (Å²) in [6.45, 7) is 2.13. The number of anilines is 2. The fraction of sp³-hybridized carbons (Fsp3) is 0.556. The van der Waals surface area contributed by atoms with Crippen molar-refractivity contribution < 1.29 is 9.47 Å². The van der Waals surface area contributed by atoms with Crippen LogP contribution in [0.15, 0.2) is 11.1 Å². The summed E-state index contributed by atoms with van der Waals surface area (Å²) in [6, 6.07) is 0. The third-order valence-electron chi connectivity index (χ3n) is 1.86. The zero-order valence-electron chi connectivity index (χ0n) is 9.16. The van der Waals surface area contributed by atoms with E-state index in [1.165, 1.54) is 6.33 Å². The van der Waals surface area contributed by atoms with E-state index < -0.39 is 0 Å². The topological polar surface area (TPSA) is 102 Å². The first-order valence-corrected chi connectivity index (χ1v) is 4.89. The molecule has 0 aliphatic carbocycles. The summed E-state index contributed by atoms with van der Waals surface area (Å²) in [5.74, 6) is 0.374. The lowest BCUT2D eigenvalue weighted by Crippen LogP contribution is -2.18. The molecule has 0 spiro atoms. The van der Waals surface area contributed by atoms with Crippen LogP contribution < -0.4 is 16.6 Å². The van der Waals surface area contributed by atoms with Crippen LogP contribution in [0.1, 0.15) is 0 Å². The minimum atomic E-state index is -0.349. The number of aromatic nitrogens is 2. The number of H-pyrrole nitrogens is 1. The van der Waals surface area contributed by atoms with E-state index in [-0.39, 0.29) is 11.2 Å². The van der Waals surface area contributed by atoms with E-state index in [9.17, 15) is 4.79 Å². The average molecular weight is 228 g/mol. The van der Waals surface area contributed by atoms with Gasteiger partial charge in [-0.1, -0.05) is 0 Å². The number of nitrogens with two attached hydrogens (primary N) is 1. The number of nitrogens with zero attached hydrogens (tertiary/aromatic N) is 1. The molecule has 1 rings (SSSR count). The fourth-order valence-corrected chi connectivity index (χ4v) is 1.04. The van der Waals surface area contributed by atoms with Gasteiger partial charge in [0, 0.05) is 13.7 Å². The molecule has 16 heavy (non-hydrogen) atoms. The summed E-state index contributed by atoms with van der Waals surface area (Å²) in [6.07, 6.45) is 1.30. The molecular formula is C9H16N4O3. The number of nitrogen functional groups attached to an aromatic ring is 1. The molecule has 0 aliphatic rings. The van der Waals surface area contributed by atoms with Crippen molar-refractivity contribution in [3.8, 4) is 0 Å². The highest BCUT2D eigenvalue weighted by Crippen LogP contribution is 2.05. The number of methoxy groups -OCH3 is 1. The van der Waals surface area contributed by atoms with Gasteiger partial charge in [-0.2, -0.15) is 0 Å². The lowest BCUT2D eigenvalue weighted by Gasteiger charge is -2.07. The minimum absolute atomic E-state index is 0.0828. The maximum Gasteiger partial charge on any atom is 0.276 e. The van der Waals surface area contributed by atoms with Gasteiger partial charge in [-0.25, -0.2) is 4.98 Å². The van der Waals surface area contributed by atoms with Crippen molar-refractivity contribution in [2.24, 2.45) is 0 Å². The second kappa shape index (κ2) is 6.81. The van der Waals surface area contributed by atoms with E-state index in [0.29, 0.717) is 32.2 Å². The maximum absolute atomic E-state index is 11.1. The Bertz CT molecular complexity index is 366. The smallest absolute Gasteiger partial charge is 0.276 e. The molecule has 0 aromatic carbocycles. The van der Waals surface area contributed by atoms with Crippen LogP contribution in [0.25, 0.3) is 0 Å². The van der Waals surface area contributed by atoms with Crippen LogP contribution in [-0.4, -0.2) is 43.4 Å². The van der Waals surface area contributed by atoms with Crippen LogP contribution in [0, 0.1) is 0 Å². The van der Waals surface area contributed by atoms with Gasteiger partial charge in [0.15, 0.2) is 5.82 Å². The number of hydrogen-bond acceptors (Lipinski definition) is 6. The zero-order valence-corrected chi connectivity index (χ0v) is 9.16. The van der Waals surface area contributed by atoms with E-state index in [1.807, 2.05) is 0 Å². The molecule has 7 nitrogen and oxygen atoms in total. The van der Waals surface area contributed by atoms with Gasteiger partial charge < -0.3 is 25.5 Å². The Labute approximate surface area is 93.0 Å². The standard InChI is InChI=1S/C9H16N4O3/c1-15-4-5-16-3-2-11-8-7(10)9(14)13-6-12-8/h6H,2-5,10H2,1H3,(H2,11,12,13,14). The largest absolute Gasteiger partial charge is 0.391 e. The monoisotopic (exact) mass is 228 g/mol. The number of hydrogen-bond donors (Lipinski definition) is 3. The maximum atomic E-state index is 11.1. The Hall–Kier alpha value is -1.60. The summed E-state index contributed by atoms with van der Waals surface area (Å²) in [4.78, 5) is 17.4. The van der Waals surface area contributed by atoms with Gasteiger partial charge in [0.2, 0.25) is 0 Å². The number of aromatic amines is 1. The van der Waals surface area contributed by atoms with Crippen LogP contribution in [0.5, 0.6) is 0 Å². The number of rotatable bonds is 7. The summed E-state index contributed by atoms with van der Waals surface area (Å²) < 4.78 is 10.0. The molecule has 0 amide bonds. The number of nitrogens with one attached hydrogen (secondary N) is 2. The first kappa shape index (κ1) is 12.5. The SMILES string of the molecule is COCCOCCNc1nc[nH]c(=O)c1N. The Morgan fingerprint density at radius 3 is 3.06 bits per heavy atom. The van der Waals surface area contributed by atoms with Crippen molar-refractivity contribution in [3.05, 3.63) is 16.7 Å². The molecule has 0 fully saturated rings. The van der Waals surface area contributed by atoms with E-state index in [1.54, 1.807) is 7.11 Å². The quantitative estimate of drug-likeness (QED) is 0.540. The lowest BCUT2D eigenvalue weighted by molar-refractivity contribution is 0.0759. The molecule has 0 radical (unpaired) electrons. The third kappa shape index (κ3) is 3.87. The molecule has 0 bridgehead atoms. The summed E-state index contributed by atoms with van der Waals surface area (Å²) in [5, 5.41) is 2.91. The molecule has 90 valence electrons. The van der Waals surface area contributed by atoms with Gasteiger partial charge in [-0.15, -0.1) is 0 Å². The van der Waals surface area contributed by atoms with E-state index in [4.69, 9.17) is 15.2 Å². The number of ether oxygens (including phenoxy) is 2. The molecule has 1 aromatic heterocycles. The average Bonchev–Trinajstić information content (AvgIpc) is 2.29. The molecule has 0 aliphatic heterocycles. The second-order valence-electron chi connectivity index (χ2n) is 3.03.